The minimum Gasteiger partial charge on any atom is -0.496 e. The Balaban J connectivity index is 2.55. The molecule has 2 rings (SSSR count). The monoisotopic (exact) mass is 234 g/mol. The molecule has 0 aliphatic carbocycles. The van der Waals surface area contributed by atoms with Gasteiger partial charge in [0.1, 0.15) is 10.9 Å². The van der Waals surface area contributed by atoms with E-state index in [1.54, 1.807) is 25.4 Å². The van der Waals surface area contributed by atoms with Crippen LogP contribution in [0, 0.1) is 0 Å². The largest absolute Gasteiger partial charge is 0.496 e. The first-order valence-electron chi connectivity index (χ1n) is 4.76. The van der Waals surface area contributed by atoms with Gasteiger partial charge in [0.25, 0.3) is 0 Å². The quantitative estimate of drug-likeness (QED) is 0.642. The second-order valence-electron chi connectivity index (χ2n) is 3.33. The maximum atomic E-state index is 5.84. The van der Waals surface area contributed by atoms with Crippen LogP contribution >= 0.6 is 11.6 Å². The van der Waals surface area contributed by atoms with Crippen molar-refractivity contribution in [2.24, 2.45) is 0 Å². The van der Waals surface area contributed by atoms with Crippen LogP contribution in [0.2, 0.25) is 5.15 Å². The topological polar surface area (TPSA) is 48.1 Å². The van der Waals surface area contributed by atoms with Crippen LogP contribution in [-0.4, -0.2) is 12.1 Å². The molecule has 0 saturated heterocycles. The van der Waals surface area contributed by atoms with Crippen molar-refractivity contribution in [2.45, 2.75) is 0 Å². The number of rotatable bonds is 2. The van der Waals surface area contributed by atoms with Crippen LogP contribution in [0.1, 0.15) is 0 Å². The molecule has 2 N–H and O–H groups in total. The summed E-state index contributed by atoms with van der Waals surface area (Å²) in [5, 5.41) is 0.455. The average molecular weight is 235 g/mol. The number of ether oxygens (including phenoxy) is 1. The highest BCUT2D eigenvalue weighted by atomic mass is 35.5. The van der Waals surface area contributed by atoms with Crippen molar-refractivity contribution in [1.82, 2.24) is 4.98 Å². The van der Waals surface area contributed by atoms with Crippen molar-refractivity contribution in [3.8, 4) is 16.9 Å². The lowest BCUT2D eigenvalue weighted by atomic mass is 10.1. The lowest BCUT2D eigenvalue weighted by Crippen LogP contribution is -1.91. The standard InChI is InChI=1S/C12H11ClN2O/c1-16-11-7-9(14)2-3-10(11)8-4-5-15-12(13)6-8/h2-7H,14H2,1H3. The third-order valence-electron chi connectivity index (χ3n) is 2.26. The Kier molecular flexibility index (Phi) is 2.97. The van der Waals surface area contributed by atoms with Crippen LogP contribution in [0.5, 0.6) is 5.75 Å². The molecule has 0 unspecified atom stereocenters. The van der Waals surface area contributed by atoms with Gasteiger partial charge in [-0.1, -0.05) is 11.6 Å². The summed E-state index contributed by atoms with van der Waals surface area (Å²) in [5.74, 6) is 0.724. The third-order valence-corrected chi connectivity index (χ3v) is 2.47. The van der Waals surface area contributed by atoms with E-state index in [0.29, 0.717) is 10.8 Å². The lowest BCUT2D eigenvalue weighted by Gasteiger charge is -2.09. The predicted octanol–water partition coefficient (Wildman–Crippen LogP) is 2.99. The summed E-state index contributed by atoms with van der Waals surface area (Å²) < 4.78 is 5.28. The maximum absolute atomic E-state index is 5.84. The molecule has 2 aromatic rings. The number of anilines is 1. The maximum Gasteiger partial charge on any atom is 0.129 e. The molecule has 3 nitrogen and oxygen atoms in total. The first-order chi connectivity index (χ1) is 7.70. The van der Waals surface area contributed by atoms with Gasteiger partial charge in [-0.05, 0) is 29.8 Å². The van der Waals surface area contributed by atoms with E-state index in [2.05, 4.69) is 4.98 Å². The lowest BCUT2D eigenvalue weighted by molar-refractivity contribution is 0.416. The Labute approximate surface area is 98.8 Å². The third kappa shape index (κ3) is 2.09. The summed E-state index contributed by atoms with van der Waals surface area (Å²) in [4.78, 5) is 3.94. The second kappa shape index (κ2) is 4.41. The van der Waals surface area contributed by atoms with Crippen molar-refractivity contribution in [3.63, 3.8) is 0 Å². The number of hydrogen-bond donors (Lipinski definition) is 1. The second-order valence-corrected chi connectivity index (χ2v) is 3.71. The number of nitrogens with zero attached hydrogens (tertiary/aromatic N) is 1. The normalized spacial score (nSPS) is 10.1. The van der Waals surface area contributed by atoms with Gasteiger partial charge < -0.3 is 10.5 Å². The molecular formula is C12H11ClN2O. The number of halogens is 1. The number of nitrogens with two attached hydrogens (primary N) is 1. The molecule has 4 heteroatoms. The van der Waals surface area contributed by atoms with Crippen LogP contribution in [0.25, 0.3) is 11.1 Å². The van der Waals surface area contributed by atoms with E-state index in [4.69, 9.17) is 22.1 Å². The van der Waals surface area contributed by atoms with Gasteiger partial charge in [-0.2, -0.15) is 0 Å². The minimum absolute atomic E-state index is 0.455. The zero-order valence-electron chi connectivity index (χ0n) is 8.77. The van der Waals surface area contributed by atoms with Gasteiger partial charge in [0, 0.05) is 23.5 Å². The van der Waals surface area contributed by atoms with Crippen molar-refractivity contribution >= 4 is 17.3 Å². The highest BCUT2D eigenvalue weighted by Gasteiger charge is 2.06. The Bertz CT molecular complexity index is 514. The zero-order valence-corrected chi connectivity index (χ0v) is 9.53. The molecule has 0 amide bonds. The molecule has 0 aliphatic rings. The summed E-state index contributed by atoms with van der Waals surface area (Å²) in [6, 6.07) is 9.17. The van der Waals surface area contributed by atoms with Gasteiger partial charge >= 0.3 is 0 Å². The average Bonchev–Trinajstić information content (AvgIpc) is 2.28. The van der Waals surface area contributed by atoms with Crippen molar-refractivity contribution in [3.05, 3.63) is 41.7 Å². The minimum atomic E-state index is 0.455. The van der Waals surface area contributed by atoms with E-state index in [0.717, 1.165) is 16.9 Å². The van der Waals surface area contributed by atoms with Crippen LogP contribution in [-0.2, 0) is 0 Å². The highest BCUT2D eigenvalue weighted by Crippen LogP contribution is 2.32. The van der Waals surface area contributed by atoms with Gasteiger partial charge in [-0.15, -0.1) is 0 Å². The molecule has 0 aliphatic heterocycles. The number of methoxy groups -OCH3 is 1. The van der Waals surface area contributed by atoms with Crippen LogP contribution in [0.15, 0.2) is 36.5 Å². The van der Waals surface area contributed by atoms with E-state index < -0.39 is 0 Å². The number of aromatic nitrogens is 1. The fraction of sp³-hybridized carbons (Fsp3) is 0.0833. The molecule has 0 saturated carbocycles. The van der Waals surface area contributed by atoms with Gasteiger partial charge in [-0.3, -0.25) is 0 Å². The molecule has 1 heterocycles. The fourth-order valence-corrected chi connectivity index (χ4v) is 1.69. The molecule has 0 spiro atoms. The number of pyridine rings is 1. The summed E-state index contributed by atoms with van der Waals surface area (Å²) in [5.41, 5.74) is 8.26. The molecule has 16 heavy (non-hydrogen) atoms. The SMILES string of the molecule is COc1cc(N)ccc1-c1ccnc(Cl)c1. The van der Waals surface area contributed by atoms with Crippen LogP contribution < -0.4 is 10.5 Å². The highest BCUT2D eigenvalue weighted by molar-refractivity contribution is 6.29. The van der Waals surface area contributed by atoms with Crippen molar-refractivity contribution < 1.29 is 4.74 Å². The van der Waals surface area contributed by atoms with E-state index in [9.17, 15) is 0 Å². The van der Waals surface area contributed by atoms with Crippen LogP contribution in [0.4, 0.5) is 5.69 Å². The molecule has 0 radical (unpaired) electrons. The first kappa shape index (κ1) is 10.8. The molecule has 0 bridgehead atoms. The summed E-state index contributed by atoms with van der Waals surface area (Å²) in [7, 11) is 1.61. The number of hydrogen-bond acceptors (Lipinski definition) is 3. The van der Waals surface area contributed by atoms with E-state index in [1.165, 1.54) is 0 Å². The predicted molar refractivity (Wildman–Crippen MR) is 65.6 cm³/mol. The molecule has 0 atom stereocenters. The van der Waals surface area contributed by atoms with E-state index >= 15 is 0 Å². The van der Waals surface area contributed by atoms with Gasteiger partial charge in [0.05, 0.1) is 7.11 Å². The molecule has 0 fully saturated rings. The summed E-state index contributed by atoms with van der Waals surface area (Å²) in [6.07, 6.45) is 1.66. The Hall–Kier alpha value is -1.74. The molecule has 1 aromatic heterocycles. The van der Waals surface area contributed by atoms with Gasteiger partial charge in [0.2, 0.25) is 0 Å². The smallest absolute Gasteiger partial charge is 0.129 e. The van der Waals surface area contributed by atoms with Gasteiger partial charge in [-0.25, -0.2) is 4.98 Å². The number of benzene rings is 1. The Morgan fingerprint density at radius 3 is 2.75 bits per heavy atom. The fourth-order valence-electron chi connectivity index (χ4n) is 1.52. The zero-order chi connectivity index (χ0) is 11.5. The molecule has 82 valence electrons. The first-order valence-corrected chi connectivity index (χ1v) is 5.14. The Morgan fingerprint density at radius 1 is 1.25 bits per heavy atom. The van der Waals surface area contributed by atoms with Crippen LogP contribution in [0.3, 0.4) is 0 Å². The van der Waals surface area contributed by atoms with Crippen molar-refractivity contribution in [2.75, 3.05) is 12.8 Å². The number of nitrogen functional groups attached to an aromatic ring is 1. The summed E-state index contributed by atoms with van der Waals surface area (Å²) in [6.45, 7) is 0. The molecular weight excluding hydrogens is 224 g/mol. The van der Waals surface area contributed by atoms with Crippen molar-refractivity contribution in [1.29, 1.82) is 0 Å². The Morgan fingerprint density at radius 2 is 2.06 bits per heavy atom. The summed E-state index contributed by atoms with van der Waals surface area (Å²) >= 11 is 5.84. The van der Waals surface area contributed by atoms with E-state index in [1.807, 2.05) is 18.2 Å². The van der Waals surface area contributed by atoms with E-state index in [-0.39, 0.29) is 0 Å². The molecule has 1 aromatic carbocycles. The van der Waals surface area contributed by atoms with Gasteiger partial charge in [0.15, 0.2) is 0 Å².